The zero-order valence-corrected chi connectivity index (χ0v) is 14.9. The van der Waals surface area contributed by atoms with Gasteiger partial charge in [0.2, 0.25) is 0 Å². The summed E-state index contributed by atoms with van der Waals surface area (Å²) in [6.07, 6.45) is 6.56. The summed E-state index contributed by atoms with van der Waals surface area (Å²) in [7, 11) is 2.00. The Morgan fingerprint density at radius 3 is 2.74 bits per heavy atom. The van der Waals surface area contributed by atoms with E-state index >= 15 is 0 Å². The van der Waals surface area contributed by atoms with E-state index in [4.69, 9.17) is 4.74 Å². The van der Waals surface area contributed by atoms with Gasteiger partial charge in [-0.3, -0.25) is 0 Å². The van der Waals surface area contributed by atoms with Crippen molar-refractivity contribution in [1.29, 1.82) is 0 Å². The number of aromatic nitrogens is 2. The lowest BCUT2D eigenvalue weighted by molar-refractivity contribution is 0.449. The summed E-state index contributed by atoms with van der Waals surface area (Å²) in [5.74, 6) is 1.82. The molecule has 1 aliphatic heterocycles. The van der Waals surface area contributed by atoms with Crippen molar-refractivity contribution in [3.8, 4) is 22.6 Å². The first-order valence-electron chi connectivity index (χ1n) is 8.89. The average Bonchev–Trinajstić information content (AvgIpc) is 3.25. The Morgan fingerprint density at radius 1 is 1.07 bits per heavy atom. The summed E-state index contributed by atoms with van der Waals surface area (Å²) >= 11 is 0. The predicted octanol–water partition coefficient (Wildman–Crippen LogP) is 4.92. The fourth-order valence-electron chi connectivity index (χ4n) is 3.74. The summed E-state index contributed by atoms with van der Waals surface area (Å²) < 4.78 is 8.00. The van der Waals surface area contributed by atoms with Gasteiger partial charge in [0.25, 0.3) is 0 Å². The Balaban J connectivity index is 1.66. The zero-order chi connectivity index (χ0) is 18.4. The van der Waals surface area contributed by atoms with Gasteiger partial charge in [0.1, 0.15) is 22.9 Å². The van der Waals surface area contributed by atoms with Gasteiger partial charge in [-0.25, -0.2) is 4.98 Å². The van der Waals surface area contributed by atoms with E-state index in [9.17, 15) is 5.11 Å². The molecule has 0 aliphatic carbocycles. The number of nitrogens with zero attached hydrogens (tertiary/aromatic N) is 2. The van der Waals surface area contributed by atoms with E-state index in [1.165, 1.54) is 0 Å². The number of fused-ring (bicyclic) bond motifs is 2. The van der Waals surface area contributed by atoms with Crippen LogP contribution < -0.4 is 4.74 Å². The lowest BCUT2D eigenvalue weighted by Crippen LogP contribution is -1.89. The number of benzene rings is 2. The van der Waals surface area contributed by atoms with Crippen molar-refractivity contribution in [3.63, 3.8) is 0 Å². The molecule has 5 rings (SSSR count). The van der Waals surface area contributed by atoms with Gasteiger partial charge in [0.05, 0.1) is 0 Å². The van der Waals surface area contributed by atoms with Crippen molar-refractivity contribution < 1.29 is 9.84 Å². The maximum Gasteiger partial charge on any atom is 0.140 e. The van der Waals surface area contributed by atoms with E-state index in [0.29, 0.717) is 6.42 Å². The molecule has 4 heteroatoms. The van der Waals surface area contributed by atoms with Crippen LogP contribution in [0.1, 0.15) is 11.1 Å². The summed E-state index contributed by atoms with van der Waals surface area (Å²) in [4.78, 5) is 4.57. The van der Waals surface area contributed by atoms with Crippen LogP contribution in [0.25, 0.3) is 28.2 Å². The van der Waals surface area contributed by atoms with Gasteiger partial charge in [-0.2, -0.15) is 0 Å². The molecule has 2 aromatic carbocycles. The van der Waals surface area contributed by atoms with Crippen LogP contribution >= 0.6 is 0 Å². The van der Waals surface area contributed by atoms with Gasteiger partial charge in [-0.1, -0.05) is 36.4 Å². The molecule has 0 fully saturated rings. The highest BCUT2D eigenvalue weighted by atomic mass is 16.5. The third-order valence-electron chi connectivity index (χ3n) is 4.99. The fourth-order valence-corrected chi connectivity index (χ4v) is 3.74. The number of ether oxygens (including phenoxy) is 1. The molecule has 0 bridgehead atoms. The maximum absolute atomic E-state index is 10.1. The minimum Gasteiger partial charge on any atom is -0.508 e. The standard InChI is InChI=1S/C23H18N2O2/c1-25-14-16(12-17-13-19-20(26)8-5-9-21(19)27-17)22-18(10-11-24-23(22)25)15-6-3-2-4-7-15/h2-12,14,26H,13H2,1H3. The molecular weight excluding hydrogens is 336 g/mol. The maximum atomic E-state index is 10.1. The van der Waals surface area contributed by atoms with Crippen molar-refractivity contribution in [1.82, 2.24) is 9.55 Å². The highest BCUT2D eigenvalue weighted by molar-refractivity contribution is 5.99. The zero-order valence-electron chi connectivity index (χ0n) is 14.9. The lowest BCUT2D eigenvalue weighted by Gasteiger charge is -2.05. The summed E-state index contributed by atoms with van der Waals surface area (Å²) in [5, 5.41) is 11.2. The lowest BCUT2D eigenvalue weighted by atomic mass is 10.0. The molecule has 1 N–H and O–H groups in total. The molecule has 3 heterocycles. The number of phenols is 1. The van der Waals surface area contributed by atoms with Crippen LogP contribution in [0.3, 0.4) is 0 Å². The Bertz CT molecular complexity index is 1190. The van der Waals surface area contributed by atoms with E-state index < -0.39 is 0 Å². The molecule has 132 valence electrons. The van der Waals surface area contributed by atoms with Gasteiger partial charge in [0.15, 0.2) is 0 Å². The quantitative estimate of drug-likeness (QED) is 0.556. The van der Waals surface area contributed by atoms with Crippen molar-refractivity contribution in [3.05, 3.63) is 83.9 Å². The smallest absolute Gasteiger partial charge is 0.140 e. The second-order valence-electron chi connectivity index (χ2n) is 6.76. The molecule has 0 saturated heterocycles. The minimum absolute atomic E-state index is 0.278. The molecular formula is C23H18N2O2. The molecule has 0 saturated carbocycles. The van der Waals surface area contributed by atoms with E-state index in [0.717, 1.165) is 44.8 Å². The predicted molar refractivity (Wildman–Crippen MR) is 107 cm³/mol. The molecule has 1 aliphatic rings. The summed E-state index contributed by atoms with van der Waals surface area (Å²) in [6, 6.07) is 17.8. The third-order valence-corrected chi connectivity index (χ3v) is 4.99. The SMILES string of the molecule is Cn1cc(C=C2Cc3c(O)cccc3O2)c2c(-c3ccccc3)ccnc21. The van der Waals surface area contributed by atoms with E-state index in [1.54, 1.807) is 12.1 Å². The summed E-state index contributed by atoms with van der Waals surface area (Å²) in [6.45, 7) is 0. The van der Waals surface area contributed by atoms with Gasteiger partial charge in [-0.05, 0) is 35.4 Å². The number of aryl methyl sites for hydroxylation is 1. The Kier molecular flexibility index (Phi) is 3.50. The molecule has 27 heavy (non-hydrogen) atoms. The van der Waals surface area contributed by atoms with Crippen LogP contribution in [0.15, 0.2) is 72.8 Å². The molecule has 0 atom stereocenters. The molecule has 0 radical (unpaired) electrons. The van der Waals surface area contributed by atoms with Gasteiger partial charge < -0.3 is 14.4 Å². The third kappa shape index (κ3) is 2.57. The van der Waals surface area contributed by atoms with Crippen LogP contribution in [0.5, 0.6) is 11.5 Å². The van der Waals surface area contributed by atoms with Crippen LogP contribution in [0.4, 0.5) is 0 Å². The first-order chi connectivity index (χ1) is 13.2. The number of hydrogen-bond acceptors (Lipinski definition) is 3. The number of phenolic OH excluding ortho intramolecular Hbond substituents is 1. The van der Waals surface area contributed by atoms with E-state index in [-0.39, 0.29) is 5.75 Å². The second-order valence-corrected chi connectivity index (χ2v) is 6.76. The molecule has 0 spiro atoms. The largest absolute Gasteiger partial charge is 0.508 e. The molecule has 4 aromatic rings. The summed E-state index contributed by atoms with van der Waals surface area (Å²) in [5.41, 5.74) is 5.13. The Hall–Kier alpha value is -3.53. The topological polar surface area (TPSA) is 47.3 Å². The van der Waals surface area contributed by atoms with Gasteiger partial charge in [0, 0.05) is 42.4 Å². The highest BCUT2D eigenvalue weighted by Crippen LogP contribution is 2.38. The number of pyridine rings is 1. The van der Waals surface area contributed by atoms with Gasteiger partial charge in [-0.15, -0.1) is 0 Å². The van der Waals surface area contributed by atoms with Gasteiger partial charge >= 0.3 is 0 Å². The Labute approximate surface area is 157 Å². The number of hydrogen-bond donors (Lipinski definition) is 1. The monoisotopic (exact) mass is 354 g/mol. The van der Waals surface area contributed by atoms with E-state index in [2.05, 4.69) is 35.5 Å². The van der Waals surface area contributed by atoms with Crippen molar-refractivity contribution in [2.45, 2.75) is 6.42 Å². The highest BCUT2D eigenvalue weighted by Gasteiger charge is 2.21. The van der Waals surface area contributed by atoms with Crippen molar-refractivity contribution in [2.24, 2.45) is 7.05 Å². The first-order valence-corrected chi connectivity index (χ1v) is 8.89. The number of allylic oxidation sites excluding steroid dienone is 1. The normalized spacial score (nSPS) is 14.5. The molecule has 0 amide bonds. The van der Waals surface area contributed by atoms with E-state index in [1.807, 2.05) is 42.1 Å². The van der Waals surface area contributed by atoms with Crippen LogP contribution in [0.2, 0.25) is 0 Å². The molecule has 0 unspecified atom stereocenters. The second kappa shape index (κ2) is 6.02. The minimum atomic E-state index is 0.278. The van der Waals surface area contributed by atoms with Crippen molar-refractivity contribution >= 4 is 17.1 Å². The van der Waals surface area contributed by atoms with Crippen LogP contribution in [-0.2, 0) is 13.5 Å². The average molecular weight is 354 g/mol. The molecule has 4 nitrogen and oxygen atoms in total. The molecule has 2 aromatic heterocycles. The van der Waals surface area contributed by atoms with Crippen LogP contribution in [0, 0.1) is 0 Å². The van der Waals surface area contributed by atoms with Crippen LogP contribution in [-0.4, -0.2) is 14.7 Å². The Morgan fingerprint density at radius 2 is 1.93 bits per heavy atom. The fraction of sp³-hybridized carbons (Fsp3) is 0.0870. The first kappa shape index (κ1) is 15.7. The number of aromatic hydroxyl groups is 1. The van der Waals surface area contributed by atoms with Crippen molar-refractivity contribution in [2.75, 3.05) is 0 Å². The number of rotatable bonds is 2.